The number of benzene rings is 2. The van der Waals surface area contributed by atoms with Gasteiger partial charge in [-0.2, -0.15) is 0 Å². The number of hydrogen-bond acceptors (Lipinski definition) is 3. The first kappa shape index (κ1) is 20.2. The molecule has 0 bridgehead atoms. The van der Waals surface area contributed by atoms with E-state index in [-0.39, 0.29) is 17.7 Å². The largest absolute Gasteiger partial charge is 0.379 e. The molecule has 0 aromatic heterocycles. The number of ether oxygens (including phenoxy) is 1. The molecule has 1 fully saturated rings. The third-order valence-electron chi connectivity index (χ3n) is 4.81. The Balaban J connectivity index is 1.65. The van der Waals surface area contributed by atoms with Gasteiger partial charge in [0.25, 0.3) is 0 Å². The molecule has 0 amide bonds. The van der Waals surface area contributed by atoms with Crippen molar-refractivity contribution in [3.63, 3.8) is 0 Å². The molecule has 1 aliphatic rings. The molecule has 7 heteroatoms. The zero-order valence-electron chi connectivity index (χ0n) is 16.0. The Morgan fingerprint density at radius 3 is 2.61 bits per heavy atom. The van der Waals surface area contributed by atoms with Crippen LogP contribution < -0.4 is 10.6 Å². The first-order chi connectivity index (χ1) is 13.7. The fourth-order valence-corrected chi connectivity index (χ4v) is 3.30. The van der Waals surface area contributed by atoms with E-state index >= 15 is 0 Å². The highest BCUT2D eigenvalue weighted by Gasteiger charge is 2.23. The van der Waals surface area contributed by atoms with Crippen LogP contribution in [-0.2, 0) is 11.3 Å². The molecule has 1 heterocycles. The number of morpholine rings is 1. The van der Waals surface area contributed by atoms with Gasteiger partial charge in [-0.15, -0.1) is 0 Å². The molecule has 1 aliphatic heterocycles. The van der Waals surface area contributed by atoms with Crippen LogP contribution >= 0.6 is 0 Å². The molecular formula is C21H26F2N4O. The number of hydrogen-bond donors (Lipinski definition) is 2. The summed E-state index contributed by atoms with van der Waals surface area (Å²) >= 11 is 0. The van der Waals surface area contributed by atoms with Crippen molar-refractivity contribution in [2.75, 3.05) is 39.9 Å². The Morgan fingerprint density at radius 2 is 1.89 bits per heavy atom. The van der Waals surface area contributed by atoms with Crippen molar-refractivity contribution in [2.45, 2.75) is 12.6 Å². The predicted molar refractivity (Wildman–Crippen MR) is 106 cm³/mol. The highest BCUT2D eigenvalue weighted by molar-refractivity contribution is 5.79. The standard InChI is InChI=1S/C21H26F2N4O/c1-24-21(25-14-17-5-2-3-8-19(17)23)26-15-20(27-9-11-28-12-10-27)16-6-4-7-18(22)13-16/h2-8,13,20H,9-12,14-15H2,1H3,(H2,24,25,26). The van der Waals surface area contributed by atoms with Gasteiger partial charge in [0.15, 0.2) is 5.96 Å². The third-order valence-corrected chi connectivity index (χ3v) is 4.81. The van der Waals surface area contributed by atoms with Crippen LogP contribution in [0.4, 0.5) is 8.78 Å². The molecular weight excluding hydrogens is 362 g/mol. The van der Waals surface area contributed by atoms with E-state index < -0.39 is 0 Å². The monoisotopic (exact) mass is 388 g/mol. The zero-order valence-corrected chi connectivity index (χ0v) is 16.0. The molecule has 5 nitrogen and oxygen atoms in total. The van der Waals surface area contributed by atoms with Crippen LogP contribution in [0.1, 0.15) is 17.2 Å². The number of guanidine groups is 1. The summed E-state index contributed by atoms with van der Waals surface area (Å²) < 4.78 is 33.0. The van der Waals surface area contributed by atoms with E-state index in [0.717, 1.165) is 18.7 Å². The van der Waals surface area contributed by atoms with E-state index in [2.05, 4.69) is 20.5 Å². The molecule has 2 aromatic carbocycles. The minimum Gasteiger partial charge on any atom is -0.379 e. The van der Waals surface area contributed by atoms with Crippen LogP contribution in [0.3, 0.4) is 0 Å². The number of halogens is 2. The second-order valence-corrected chi connectivity index (χ2v) is 6.62. The van der Waals surface area contributed by atoms with E-state index in [1.807, 2.05) is 6.07 Å². The molecule has 2 aromatic rings. The van der Waals surface area contributed by atoms with Crippen molar-refractivity contribution in [1.82, 2.24) is 15.5 Å². The van der Waals surface area contributed by atoms with Crippen molar-refractivity contribution >= 4 is 5.96 Å². The van der Waals surface area contributed by atoms with Crippen LogP contribution in [0.25, 0.3) is 0 Å². The fourth-order valence-electron chi connectivity index (χ4n) is 3.30. The fraction of sp³-hybridized carbons (Fsp3) is 0.381. The van der Waals surface area contributed by atoms with Crippen molar-refractivity contribution in [2.24, 2.45) is 4.99 Å². The number of rotatable bonds is 6. The molecule has 0 spiro atoms. The Labute approximate surface area is 164 Å². The number of nitrogens with one attached hydrogen (secondary N) is 2. The summed E-state index contributed by atoms with van der Waals surface area (Å²) in [5, 5.41) is 6.42. The second kappa shape index (κ2) is 10.1. The van der Waals surface area contributed by atoms with E-state index in [4.69, 9.17) is 4.74 Å². The van der Waals surface area contributed by atoms with Gasteiger partial charge < -0.3 is 15.4 Å². The minimum atomic E-state index is -0.253. The molecule has 28 heavy (non-hydrogen) atoms. The maximum absolute atomic E-state index is 13.8. The van der Waals surface area contributed by atoms with Crippen molar-refractivity contribution in [3.8, 4) is 0 Å². The van der Waals surface area contributed by atoms with Gasteiger partial charge in [0.1, 0.15) is 11.6 Å². The Hall–Kier alpha value is -2.51. The van der Waals surface area contributed by atoms with Gasteiger partial charge in [-0.3, -0.25) is 9.89 Å². The molecule has 2 N–H and O–H groups in total. The van der Waals surface area contributed by atoms with Crippen LogP contribution in [0.5, 0.6) is 0 Å². The maximum Gasteiger partial charge on any atom is 0.191 e. The Bertz CT molecular complexity index is 793. The van der Waals surface area contributed by atoms with Crippen LogP contribution in [0.15, 0.2) is 53.5 Å². The quantitative estimate of drug-likeness (QED) is 0.590. The highest BCUT2D eigenvalue weighted by atomic mass is 19.1. The molecule has 150 valence electrons. The lowest BCUT2D eigenvalue weighted by atomic mass is 10.0. The summed E-state index contributed by atoms with van der Waals surface area (Å²) in [4.78, 5) is 6.49. The third kappa shape index (κ3) is 5.50. The van der Waals surface area contributed by atoms with Crippen LogP contribution in [0, 0.1) is 11.6 Å². The van der Waals surface area contributed by atoms with Crippen molar-refractivity contribution in [3.05, 3.63) is 71.3 Å². The SMILES string of the molecule is CN=C(NCc1ccccc1F)NCC(c1cccc(F)c1)N1CCOCC1. The number of aliphatic imine (C=N–C) groups is 1. The highest BCUT2D eigenvalue weighted by Crippen LogP contribution is 2.22. The second-order valence-electron chi connectivity index (χ2n) is 6.62. The van der Waals surface area contributed by atoms with Gasteiger partial charge in [-0.05, 0) is 23.8 Å². The van der Waals surface area contributed by atoms with Gasteiger partial charge in [0.05, 0.1) is 19.3 Å². The van der Waals surface area contributed by atoms with Crippen LogP contribution in [0.2, 0.25) is 0 Å². The first-order valence-electron chi connectivity index (χ1n) is 9.42. The van der Waals surface area contributed by atoms with Crippen LogP contribution in [-0.4, -0.2) is 50.8 Å². The molecule has 0 aliphatic carbocycles. The van der Waals surface area contributed by atoms with E-state index in [9.17, 15) is 8.78 Å². The Morgan fingerprint density at radius 1 is 1.11 bits per heavy atom. The summed E-state index contributed by atoms with van der Waals surface area (Å²) in [6, 6.07) is 13.3. The van der Waals surface area contributed by atoms with Gasteiger partial charge >= 0.3 is 0 Å². The smallest absolute Gasteiger partial charge is 0.191 e. The van der Waals surface area contributed by atoms with Gasteiger partial charge in [-0.1, -0.05) is 30.3 Å². The van der Waals surface area contributed by atoms with Gasteiger partial charge in [0, 0.05) is 38.8 Å². The normalized spacial score (nSPS) is 16.6. The van der Waals surface area contributed by atoms with Crippen molar-refractivity contribution in [1.29, 1.82) is 0 Å². The topological polar surface area (TPSA) is 48.9 Å². The average Bonchev–Trinajstić information content (AvgIpc) is 2.72. The molecule has 3 rings (SSSR count). The maximum atomic E-state index is 13.8. The first-order valence-corrected chi connectivity index (χ1v) is 9.42. The molecule has 1 atom stereocenters. The number of nitrogens with zero attached hydrogens (tertiary/aromatic N) is 2. The lowest BCUT2D eigenvalue weighted by molar-refractivity contribution is 0.0169. The summed E-state index contributed by atoms with van der Waals surface area (Å²) in [6.07, 6.45) is 0. The summed E-state index contributed by atoms with van der Waals surface area (Å²) in [7, 11) is 1.67. The summed E-state index contributed by atoms with van der Waals surface area (Å²) in [6.45, 7) is 3.75. The van der Waals surface area contributed by atoms with Gasteiger partial charge in [0.2, 0.25) is 0 Å². The van der Waals surface area contributed by atoms with E-state index in [0.29, 0.717) is 37.8 Å². The van der Waals surface area contributed by atoms with E-state index in [1.54, 1.807) is 37.4 Å². The Kier molecular flexibility index (Phi) is 7.33. The lowest BCUT2D eigenvalue weighted by Crippen LogP contribution is -2.46. The molecule has 1 unspecified atom stereocenters. The lowest BCUT2D eigenvalue weighted by Gasteiger charge is -2.35. The van der Waals surface area contributed by atoms with Gasteiger partial charge in [-0.25, -0.2) is 8.78 Å². The summed E-state index contributed by atoms with van der Waals surface area (Å²) in [5.74, 6) is 0.0622. The van der Waals surface area contributed by atoms with E-state index in [1.165, 1.54) is 12.1 Å². The predicted octanol–water partition coefficient (Wildman–Crippen LogP) is 2.70. The summed E-state index contributed by atoms with van der Waals surface area (Å²) in [5.41, 5.74) is 1.47. The molecule has 0 saturated carbocycles. The minimum absolute atomic E-state index is 0.0217. The molecule has 0 radical (unpaired) electrons. The average molecular weight is 388 g/mol. The van der Waals surface area contributed by atoms with Crippen molar-refractivity contribution < 1.29 is 13.5 Å². The zero-order chi connectivity index (χ0) is 19.8. The molecule has 1 saturated heterocycles.